The summed E-state index contributed by atoms with van der Waals surface area (Å²) >= 11 is 1.06. The van der Waals surface area contributed by atoms with Crippen LogP contribution in [0, 0.1) is 12.8 Å². The van der Waals surface area contributed by atoms with Gasteiger partial charge in [-0.25, -0.2) is 13.4 Å². The van der Waals surface area contributed by atoms with Gasteiger partial charge in [0.2, 0.25) is 0 Å². The monoisotopic (exact) mass is 303 g/mol. The van der Waals surface area contributed by atoms with Gasteiger partial charge in [-0.1, -0.05) is 31.1 Å². The van der Waals surface area contributed by atoms with Crippen molar-refractivity contribution in [3.8, 4) is 0 Å². The van der Waals surface area contributed by atoms with E-state index in [1.165, 1.54) is 12.8 Å². The predicted octanol–water partition coefficient (Wildman–Crippen LogP) is 2.23. The van der Waals surface area contributed by atoms with Crippen LogP contribution in [0.3, 0.4) is 0 Å². The third kappa shape index (κ3) is 3.09. The molecule has 0 atom stereocenters. The second-order valence-corrected chi connectivity index (χ2v) is 8.22. The third-order valence-electron chi connectivity index (χ3n) is 3.62. The van der Waals surface area contributed by atoms with E-state index in [0.29, 0.717) is 34.0 Å². The third-order valence-corrected chi connectivity index (χ3v) is 7.09. The van der Waals surface area contributed by atoms with Gasteiger partial charge in [0, 0.05) is 13.1 Å². The minimum atomic E-state index is -3.40. The minimum Gasteiger partial charge on any atom is -0.375 e. The number of thiazole rings is 1. The predicted molar refractivity (Wildman–Crippen MR) is 77.7 cm³/mol. The molecule has 0 radical (unpaired) electrons. The molecule has 0 spiro atoms. The highest BCUT2D eigenvalue weighted by Gasteiger charge is 2.31. The van der Waals surface area contributed by atoms with Gasteiger partial charge in [-0.2, -0.15) is 4.31 Å². The molecule has 1 aromatic rings. The van der Waals surface area contributed by atoms with Gasteiger partial charge in [-0.05, 0) is 25.7 Å². The molecule has 108 valence electrons. The lowest BCUT2D eigenvalue weighted by Crippen LogP contribution is -2.38. The number of sulfonamides is 1. The Morgan fingerprint density at radius 3 is 2.53 bits per heavy atom. The molecule has 0 bridgehead atoms. The van der Waals surface area contributed by atoms with Gasteiger partial charge in [-0.15, -0.1) is 0 Å². The summed E-state index contributed by atoms with van der Waals surface area (Å²) in [6.45, 7) is 5.10. The molecule has 5 nitrogen and oxygen atoms in total. The lowest BCUT2D eigenvalue weighted by molar-refractivity contribution is 0.262. The molecule has 2 heterocycles. The highest BCUT2D eigenvalue weighted by molar-refractivity contribution is 7.91. The number of nitrogen functional groups attached to an aromatic ring is 1. The zero-order chi connectivity index (χ0) is 14.0. The Labute approximate surface area is 118 Å². The van der Waals surface area contributed by atoms with Crippen molar-refractivity contribution in [2.45, 2.75) is 43.7 Å². The summed E-state index contributed by atoms with van der Waals surface area (Å²) in [5, 5.41) is 0.317. The summed E-state index contributed by atoms with van der Waals surface area (Å²) in [4.78, 5) is 4.01. The molecule has 1 aliphatic heterocycles. The van der Waals surface area contributed by atoms with Gasteiger partial charge < -0.3 is 5.73 Å². The highest BCUT2D eigenvalue weighted by atomic mass is 32.2. The van der Waals surface area contributed by atoms with Crippen LogP contribution < -0.4 is 5.73 Å². The summed E-state index contributed by atoms with van der Waals surface area (Å²) in [6.07, 6.45) is 4.28. The molecule has 2 N–H and O–H groups in total. The second kappa shape index (κ2) is 5.76. The highest BCUT2D eigenvalue weighted by Crippen LogP contribution is 2.31. The average Bonchev–Trinajstić information content (AvgIpc) is 2.70. The van der Waals surface area contributed by atoms with Crippen molar-refractivity contribution in [2.75, 3.05) is 18.8 Å². The van der Waals surface area contributed by atoms with E-state index >= 15 is 0 Å². The Kier molecular flexibility index (Phi) is 4.47. The summed E-state index contributed by atoms with van der Waals surface area (Å²) in [5.74, 6) is 0.670. The molecule has 1 aliphatic rings. The van der Waals surface area contributed by atoms with Gasteiger partial charge in [0.25, 0.3) is 10.0 Å². The number of hydrogen-bond donors (Lipinski definition) is 1. The van der Waals surface area contributed by atoms with E-state index in [2.05, 4.69) is 11.9 Å². The van der Waals surface area contributed by atoms with Crippen LogP contribution in [-0.4, -0.2) is 30.8 Å². The molecule has 2 rings (SSSR count). The van der Waals surface area contributed by atoms with E-state index in [1.54, 1.807) is 11.2 Å². The molecular weight excluding hydrogens is 282 g/mol. The van der Waals surface area contributed by atoms with Crippen LogP contribution in [0.1, 0.15) is 38.3 Å². The average molecular weight is 303 g/mol. The Bertz CT molecular complexity index is 531. The van der Waals surface area contributed by atoms with Crippen LogP contribution in [0.15, 0.2) is 4.21 Å². The Hall–Kier alpha value is -0.660. The molecule has 1 fully saturated rings. The number of aryl methyl sites for hydroxylation is 1. The molecule has 0 saturated carbocycles. The second-order valence-electron chi connectivity index (χ2n) is 5.06. The van der Waals surface area contributed by atoms with Crippen molar-refractivity contribution in [2.24, 2.45) is 5.92 Å². The normalized spacial score (nSPS) is 18.8. The van der Waals surface area contributed by atoms with Crippen molar-refractivity contribution < 1.29 is 8.42 Å². The number of nitrogens with zero attached hydrogens (tertiary/aromatic N) is 2. The first-order valence-corrected chi connectivity index (χ1v) is 8.94. The first-order chi connectivity index (χ1) is 8.95. The SMILES string of the molecule is CCCC1CCN(S(=O)(=O)c2sc(N)nc2C)CC1. The molecule has 7 heteroatoms. The van der Waals surface area contributed by atoms with E-state index in [4.69, 9.17) is 5.73 Å². The fraction of sp³-hybridized carbons (Fsp3) is 0.750. The maximum Gasteiger partial charge on any atom is 0.254 e. The zero-order valence-electron chi connectivity index (χ0n) is 11.4. The topological polar surface area (TPSA) is 76.3 Å². The van der Waals surface area contributed by atoms with Crippen LogP contribution in [0.5, 0.6) is 0 Å². The Balaban J connectivity index is 2.12. The molecular formula is C12H21N3O2S2. The largest absolute Gasteiger partial charge is 0.375 e. The number of nitrogens with two attached hydrogens (primary N) is 1. The molecule has 1 aromatic heterocycles. The fourth-order valence-corrected chi connectivity index (χ4v) is 5.51. The maximum atomic E-state index is 12.5. The summed E-state index contributed by atoms with van der Waals surface area (Å²) in [7, 11) is -3.40. The van der Waals surface area contributed by atoms with Crippen LogP contribution in [0.4, 0.5) is 5.13 Å². The number of piperidine rings is 1. The van der Waals surface area contributed by atoms with Crippen molar-refractivity contribution in [1.82, 2.24) is 9.29 Å². The molecule has 0 aliphatic carbocycles. The molecule has 19 heavy (non-hydrogen) atoms. The van der Waals surface area contributed by atoms with Crippen LogP contribution in [0.2, 0.25) is 0 Å². The van der Waals surface area contributed by atoms with Crippen LogP contribution >= 0.6 is 11.3 Å². The Morgan fingerprint density at radius 2 is 2.05 bits per heavy atom. The van der Waals surface area contributed by atoms with Crippen molar-refractivity contribution >= 4 is 26.5 Å². The van der Waals surface area contributed by atoms with Gasteiger partial charge in [0.1, 0.15) is 0 Å². The van der Waals surface area contributed by atoms with Gasteiger partial charge in [-0.3, -0.25) is 0 Å². The standard InChI is InChI=1S/C12H21N3O2S2/c1-3-4-10-5-7-15(8-6-10)19(16,17)11-9(2)14-12(13)18-11/h10H,3-8H2,1-2H3,(H2,13,14). The van der Waals surface area contributed by atoms with Crippen molar-refractivity contribution in [3.05, 3.63) is 5.69 Å². The zero-order valence-corrected chi connectivity index (χ0v) is 13.1. The van der Waals surface area contributed by atoms with E-state index < -0.39 is 10.0 Å². The molecule has 0 aromatic carbocycles. The first-order valence-electron chi connectivity index (χ1n) is 6.68. The van der Waals surface area contributed by atoms with E-state index in [1.807, 2.05) is 0 Å². The first kappa shape index (κ1) is 14.7. The number of aromatic nitrogens is 1. The Morgan fingerprint density at radius 1 is 1.42 bits per heavy atom. The number of anilines is 1. The molecule has 0 unspecified atom stereocenters. The lowest BCUT2D eigenvalue weighted by Gasteiger charge is -2.30. The van der Waals surface area contributed by atoms with Crippen LogP contribution in [0.25, 0.3) is 0 Å². The van der Waals surface area contributed by atoms with Crippen molar-refractivity contribution in [1.29, 1.82) is 0 Å². The van der Waals surface area contributed by atoms with E-state index in [0.717, 1.165) is 24.2 Å². The minimum absolute atomic E-state index is 0.305. The van der Waals surface area contributed by atoms with E-state index in [-0.39, 0.29) is 0 Å². The number of rotatable bonds is 4. The van der Waals surface area contributed by atoms with Crippen LogP contribution in [-0.2, 0) is 10.0 Å². The van der Waals surface area contributed by atoms with Gasteiger partial charge >= 0.3 is 0 Å². The smallest absolute Gasteiger partial charge is 0.254 e. The molecule has 1 saturated heterocycles. The number of hydrogen-bond acceptors (Lipinski definition) is 5. The van der Waals surface area contributed by atoms with Crippen molar-refractivity contribution in [3.63, 3.8) is 0 Å². The summed E-state index contributed by atoms with van der Waals surface area (Å²) in [5.41, 5.74) is 6.10. The quantitative estimate of drug-likeness (QED) is 0.925. The fourth-order valence-electron chi connectivity index (χ4n) is 2.61. The summed E-state index contributed by atoms with van der Waals surface area (Å²) in [6, 6.07) is 0. The van der Waals surface area contributed by atoms with Gasteiger partial charge in [0.15, 0.2) is 9.34 Å². The van der Waals surface area contributed by atoms with Gasteiger partial charge in [0.05, 0.1) is 5.69 Å². The summed E-state index contributed by atoms with van der Waals surface area (Å²) < 4.78 is 26.9. The lowest BCUT2D eigenvalue weighted by atomic mass is 9.94. The molecule has 0 amide bonds. The van der Waals surface area contributed by atoms with E-state index in [9.17, 15) is 8.42 Å². The maximum absolute atomic E-state index is 12.5.